The molecule has 154 valence electrons. The number of likely N-dealkylation sites (tertiary alicyclic amines) is 1. The SMILES string of the molecule is Cc1cc(C)cc(NC(=O)[C@@H]2CCCN(C(=O)c3cc(-c4ccccn4)n[nH]3)C2)c1. The van der Waals surface area contributed by atoms with E-state index in [1.54, 1.807) is 17.2 Å². The maximum Gasteiger partial charge on any atom is 0.271 e. The highest BCUT2D eigenvalue weighted by atomic mass is 16.2. The van der Waals surface area contributed by atoms with Crippen LogP contribution >= 0.6 is 0 Å². The van der Waals surface area contributed by atoms with Gasteiger partial charge in [-0.1, -0.05) is 12.1 Å². The van der Waals surface area contributed by atoms with E-state index >= 15 is 0 Å². The van der Waals surface area contributed by atoms with Gasteiger partial charge in [0, 0.05) is 25.0 Å². The zero-order chi connectivity index (χ0) is 21.1. The van der Waals surface area contributed by atoms with Gasteiger partial charge in [-0.15, -0.1) is 0 Å². The molecule has 0 bridgehead atoms. The minimum atomic E-state index is -0.235. The van der Waals surface area contributed by atoms with Crippen LogP contribution in [0.15, 0.2) is 48.7 Å². The first kappa shape index (κ1) is 19.8. The van der Waals surface area contributed by atoms with Crippen LogP contribution in [0.1, 0.15) is 34.5 Å². The van der Waals surface area contributed by atoms with Crippen molar-refractivity contribution in [3.05, 3.63) is 65.5 Å². The number of piperidine rings is 1. The van der Waals surface area contributed by atoms with Crippen LogP contribution in [-0.2, 0) is 4.79 Å². The lowest BCUT2D eigenvalue weighted by Crippen LogP contribution is -2.43. The average Bonchev–Trinajstić information content (AvgIpc) is 3.23. The number of nitrogens with one attached hydrogen (secondary N) is 2. The molecular weight excluding hydrogens is 378 g/mol. The van der Waals surface area contributed by atoms with Gasteiger partial charge < -0.3 is 10.2 Å². The lowest BCUT2D eigenvalue weighted by Gasteiger charge is -2.31. The van der Waals surface area contributed by atoms with Gasteiger partial charge in [0.2, 0.25) is 5.91 Å². The number of aromatic amines is 1. The number of hydrogen-bond acceptors (Lipinski definition) is 4. The molecule has 7 heteroatoms. The number of anilines is 1. The fourth-order valence-electron chi connectivity index (χ4n) is 3.91. The summed E-state index contributed by atoms with van der Waals surface area (Å²) in [5, 5.41) is 10.0. The van der Waals surface area contributed by atoms with E-state index in [9.17, 15) is 9.59 Å². The van der Waals surface area contributed by atoms with Crippen molar-refractivity contribution in [3.8, 4) is 11.4 Å². The Morgan fingerprint density at radius 1 is 1.10 bits per heavy atom. The summed E-state index contributed by atoms with van der Waals surface area (Å²) in [5.41, 5.74) is 4.75. The summed E-state index contributed by atoms with van der Waals surface area (Å²) in [6.07, 6.45) is 3.25. The molecule has 30 heavy (non-hydrogen) atoms. The second-order valence-electron chi connectivity index (χ2n) is 7.84. The summed E-state index contributed by atoms with van der Waals surface area (Å²) < 4.78 is 0. The predicted octanol–water partition coefficient (Wildman–Crippen LogP) is 3.58. The Bertz CT molecular complexity index is 1040. The molecule has 7 nitrogen and oxygen atoms in total. The Morgan fingerprint density at radius 2 is 1.90 bits per heavy atom. The number of carbonyl (C=O) groups excluding carboxylic acids is 2. The van der Waals surface area contributed by atoms with Crippen molar-refractivity contribution >= 4 is 17.5 Å². The number of carbonyl (C=O) groups is 2. The van der Waals surface area contributed by atoms with Gasteiger partial charge >= 0.3 is 0 Å². The fraction of sp³-hybridized carbons (Fsp3) is 0.304. The lowest BCUT2D eigenvalue weighted by molar-refractivity contribution is -0.121. The van der Waals surface area contributed by atoms with Gasteiger partial charge in [0.25, 0.3) is 5.91 Å². The van der Waals surface area contributed by atoms with Crippen molar-refractivity contribution in [2.45, 2.75) is 26.7 Å². The number of H-pyrrole nitrogens is 1. The molecule has 1 atom stereocenters. The van der Waals surface area contributed by atoms with E-state index < -0.39 is 0 Å². The van der Waals surface area contributed by atoms with Gasteiger partial charge in [0.05, 0.1) is 11.6 Å². The van der Waals surface area contributed by atoms with Crippen LogP contribution in [0.25, 0.3) is 11.4 Å². The van der Waals surface area contributed by atoms with Crippen molar-refractivity contribution in [1.29, 1.82) is 0 Å². The highest BCUT2D eigenvalue weighted by Crippen LogP contribution is 2.22. The molecule has 4 rings (SSSR count). The van der Waals surface area contributed by atoms with Gasteiger partial charge in [-0.2, -0.15) is 5.10 Å². The Morgan fingerprint density at radius 3 is 2.63 bits per heavy atom. The third-order valence-corrected chi connectivity index (χ3v) is 5.30. The van der Waals surface area contributed by atoms with Crippen LogP contribution in [0, 0.1) is 19.8 Å². The zero-order valence-electron chi connectivity index (χ0n) is 17.2. The van der Waals surface area contributed by atoms with Crippen LogP contribution in [0.4, 0.5) is 5.69 Å². The van der Waals surface area contributed by atoms with Crippen molar-refractivity contribution in [1.82, 2.24) is 20.1 Å². The third-order valence-electron chi connectivity index (χ3n) is 5.30. The van der Waals surface area contributed by atoms with Crippen molar-refractivity contribution in [3.63, 3.8) is 0 Å². The number of benzene rings is 1. The number of pyridine rings is 1. The number of rotatable bonds is 4. The third kappa shape index (κ3) is 4.40. The van der Waals surface area contributed by atoms with Crippen LogP contribution in [0.2, 0.25) is 0 Å². The minimum Gasteiger partial charge on any atom is -0.337 e. The van der Waals surface area contributed by atoms with Crippen molar-refractivity contribution < 1.29 is 9.59 Å². The minimum absolute atomic E-state index is 0.0451. The second-order valence-corrected chi connectivity index (χ2v) is 7.84. The summed E-state index contributed by atoms with van der Waals surface area (Å²) >= 11 is 0. The molecule has 0 unspecified atom stereocenters. The molecule has 2 amide bonds. The van der Waals surface area contributed by atoms with E-state index in [0.29, 0.717) is 30.2 Å². The first-order chi connectivity index (χ1) is 14.5. The summed E-state index contributed by atoms with van der Waals surface area (Å²) in [6, 6.07) is 13.3. The van der Waals surface area contributed by atoms with Crippen LogP contribution < -0.4 is 5.32 Å². The Labute approximate surface area is 175 Å². The average molecular weight is 403 g/mol. The van der Waals surface area contributed by atoms with Gasteiger partial charge in [-0.05, 0) is 68.1 Å². The van der Waals surface area contributed by atoms with Crippen LogP contribution in [0.3, 0.4) is 0 Å². The standard InChI is InChI=1S/C23H25N5O2/c1-15-10-16(2)12-18(11-15)25-22(29)17-6-5-9-28(14-17)23(30)21-13-20(26-27-21)19-7-3-4-8-24-19/h3-4,7-8,10-13,17H,5-6,9,14H2,1-2H3,(H,25,29)(H,26,27)/t17-/m1/s1. The Hall–Kier alpha value is -3.48. The maximum atomic E-state index is 13.0. The smallest absolute Gasteiger partial charge is 0.271 e. The molecule has 2 aromatic heterocycles. The molecular formula is C23H25N5O2. The van der Waals surface area contributed by atoms with E-state index in [1.165, 1.54) is 0 Å². The molecule has 1 aliphatic heterocycles. The van der Waals surface area contributed by atoms with E-state index in [1.807, 2.05) is 44.2 Å². The summed E-state index contributed by atoms with van der Waals surface area (Å²) in [6.45, 7) is 5.04. The predicted molar refractivity (Wildman–Crippen MR) is 115 cm³/mol. The van der Waals surface area contributed by atoms with E-state index in [-0.39, 0.29) is 17.7 Å². The highest BCUT2D eigenvalue weighted by molar-refractivity contribution is 5.96. The summed E-state index contributed by atoms with van der Waals surface area (Å²) in [5.74, 6) is -0.424. The topological polar surface area (TPSA) is 91.0 Å². The molecule has 0 spiro atoms. The first-order valence-corrected chi connectivity index (χ1v) is 10.1. The molecule has 1 fully saturated rings. The molecule has 3 aromatic rings. The number of aromatic nitrogens is 3. The molecule has 1 aliphatic rings. The van der Waals surface area contributed by atoms with Gasteiger partial charge in [0.1, 0.15) is 11.4 Å². The highest BCUT2D eigenvalue weighted by Gasteiger charge is 2.30. The second kappa shape index (κ2) is 8.49. The lowest BCUT2D eigenvalue weighted by atomic mass is 9.96. The molecule has 1 saturated heterocycles. The number of amides is 2. The van der Waals surface area contributed by atoms with Crippen molar-refractivity contribution in [2.75, 3.05) is 18.4 Å². The Balaban J connectivity index is 1.42. The van der Waals surface area contributed by atoms with E-state index in [0.717, 1.165) is 29.7 Å². The summed E-state index contributed by atoms with van der Waals surface area (Å²) in [4.78, 5) is 31.8. The van der Waals surface area contributed by atoms with Gasteiger partial charge in [-0.25, -0.2) is 0 Å². The van der Waals surface area contributed by atoms with Crippen molar-refractivity contribution in [2.24, 2.45) is 5.92 Å². The molecule has 3 heterocycles. The Kier molecular flexibility index (Phi) is 5.61. The normalized spacial score (nSPS) is 16.3. The zero-order valence-corrected chi connectivity index (χ0v) is 17.2. The van der Waals surface area contributed by atoms with Gasteiger partial charge in [-0.3, -0.25) is 19.7 Å². The number of hydrogen-bond donors (Lipinski definition) is 2. The first-order valence-electron chi connectivity index (χ1n) is 10.1. The largest absolute Gasteiger partial charge is 0.337 e. The van der Waals surface area contributed by atoms with Crippen LogP contribution in [0.5, 0.6) is 0 Å². The fourth-order valence-corrected chi connectivity index (χ4v) is 3.91. The molecule has 0 aliphatic carbocycles. The van der Waals surface area contributed by atoms with Crippen LogP contribution in [-0.4, -0.2) is 45.0 Å². The molecule has 0 saturated carbocycles. The molecule has 0 radical (unpaired) electrons. The quantitative estimate of drug-likeness (QED) is 0.697. The maximum absolute atomic E-state index is 13.0. The summed E-state index contributed by atoms with van der Waals surface area (Å²) in [7, 11) is 0. The monoisotopic (exact) mass is 403 g/mol. The molecule has 1 aromatic carbocycles. The number of nitrogens with zero attached hydrogens (tertiary/aromatic N) is 3. The van der Waals surface area contributed by atoms with Gasteiger partial charge in [0.15, 0.2) is 0 Å². The van der Waals surface area contributed by atoms with E-state index in [2.05, 4.69) is 26.6 Å². The molecule has 2 N–H and O–H groups in total. The van der Waals surface area contributed by atoms with E-state index in [4.69, 9.17) is 0 Å². The number of aryl methyl sites for hydroxylation is 2.